The van der Waals surface area contributed by atoms with Gasteiger partial charge in [-0.1, -0.05) is 19.9 Å². The SMILES string of the molecule is C=CCOC1C(C)=C2CCC(C)(C(=O)OC)OC2=CC1(C)C. The lowest BCUT2D eigenvalue weighted by molar-refractivity contribution is -0.165. The van der Waals surface area contributed by atoms with E-state index in [4.69, 9.17) is 14.2 Å². The highest BCUT2D eigenvalue weighted by Crippen LogP contribution is 2.46. The molecule has 2 unspecified atom stereocenters. The molecule has 2 rings (SSSR count). The molecule has 4 nitrogen and oxygen atoms in total. The van der Waals surface area contributed by atoms with E-state index in [0.717, 1.165) is 17.8 Å². The van der Waals surface area contributed by atoms with Gasteiger partial charge in [0.25, 0.3) is 0 Å². The fraction of sp³-hybridized carbons (Fsp3) is 0.611. The van der Waals surface area contributed by atoms with Crippen LogP contribution in [0.15, 0.2) is 35.6 Å². The summed E-state index contributed by atoms with van der Waals surface area (Å²) in [5.41, 5.74) is 1.21. The number of carbonyl (C=O) groups excluding carboxylic acids is 1. The fourth-order valence-electron chi connectivity index (χ4n) is 3.34. The van der Waals surface area contributed by atoms with E-state index < -0.39 is 5.60 Å². The molecule has 1 aliphatic carbocycles. The predicted octanol–water partition coefficient (Wildman–Crippen LogP) is 3.54. The van der Waals surface area contributed by atoms with Crippen molar-refractivity contribution in [3.05, 3.63) is 35.6 Å². The smallest absolute Gasteiger partial charge is 0.349 e. The normalized spacial score (nSPS) is 30.0. The number of carbonyl (C=O) groups is 1. The minimum Gasteiger partial charge on any atom is -0.476 e. The maximum Gasteiger partial charge on any atom is 0.349 e. The molecule has 2 aliphatic rings. The van der Waals surface area contributed by atoms with E-state index in [1.807, 2.05) is 0 Å². The van der Waals surface area contributed by atoms with E-state index in [2.05, 4.69) is 33.4 Å². The Balaban J connectivity index is 2.33. The van der Waals surface area contributed by atoms with Crippen LogP contribution in [-0.4, -0.2) is 31.4 Å². The van der Waals surface area contributed by atoms with Crippen LogP contribution in [0.2, 0.25) is 0 Å². The quantitative estimate of drug-likeness (QED) is 0.588. The van der Waals surface area contributed by atoms with Gasteiger partial charge in [-0.15, -0.1) is 6.58 Å². The molecule has 0 saturated carbocycles. The van der Waals surface area contributed by atoms with Gasteiger partial charge in [0.05, 0.1) is 19.8 Å². The third-order valence-electron chi connectivity index (χ3n) is 4.53. The Kier molecular flexibility index (Phi) is 4.52. The van der Waals surface area contributed by atoms with Crippen molar-refractivity contribution in [2.75, 3.05) is 13.7 Å². The van der Waals surface area contributed by atoms with Crippen LogP contribution in [0.3, 0.4) is 0 Å². The lowest BCUT2D eigenvalue weighted by atomic mass is 9.74. The fourth-order valence-corrected chi connectivity index (χ4v) is 3.34. The predicted molar refractivity (Wildman–Crippen MR) is 85.2 cm³/mol. The second-order valence-corrected chi connectivity index (χ2v) is 6.82. The Morgan fingerprint density at radius 2 is 2.18 bits per heavy atom. The molecule has 1 aliphatic heterocycles. The third-order valence-corrected chi connectivity index (χ3v) is 4.53. The number of hydrogen-bond donors (Lipinski definition) is 0. The molecule has 0 aromatic rings. The minimum absolute atomic E-state index is 0.00432. The first-order chi connectivity index (χ1) is 10.2. The van der Waals surface area contributed by atoms with Gasteiger partial charge in [0.15, 0.2) is 0 Å². The van der Waals surface area contributed by atoms with Gasteiger partial charge in [0, 0.05) is 11.8 Å². The van der Waals surface area contributed by atoms with Crippen LogP contribution in [0, 0.1) is 5.41 Å². The van der Waals surface area contributed by atoms with Crippen LogP contribution in [-0.2, 0) is 19.0 Å². The maximum absolute atomic E-state index is 12.0. The van der Waals surface area contributed by atoms with Crippen LogP contribution < -0.4 is 0 Å². The molecule has 22 heavy (non-hydrogen) atoms. The molecule has 0 aromatic heterocycles. The van der Waals surface area contributed by atoms with Gasteiger partial charge in [0.2, 0.25) is 5.60 Å². The highest BCUT2D eigenvalue weighted by atomic mass is 16.6. The second kappa shape index (κ2) is 5.92. The highest BCUT2D eigenvalue weighted by molar-refractivity contribution is 5.79. The first-order valence-electron chi connectivity index (χ1n) is 7.68. The van der Waals surface area contributed by atoms with E-state index in [0.29, 0.717) is 13.0 Å². The molecular formula is C18H26O4. The molecule has 2 atom stereocenters. The monoisotopic (exact) mass is 306 g/mol. The summed E-state index contributed by atoms with van der Waals surface area (Å²) in [6, 6.07) is 0. The molecule has 1 fully saturated rings. The topological polar surface area (TPSA) is 44.8 Å². The van der Waals surface area contributed by atoms with Crippen molar-refractivity contribution in [3.8, 4) is 0 Å². The number of methoxy groups -OCH3 is 1. The van der Waals surface area contributed by atoms with Crippen molar-refractivity contribution < 1.29 is 19.0 Å². The third kappa shape index (κ3) is 2.84. The molecule has 0 amide bonds. The zero-order valence-electron chi connectivity index (χ0n) is 14.2. The molecule has 0 radical (unpaired) electrons. The summed E-state index contributed by atoms with van der Waals surface area (Å²) in [6.45, 7) is 12.3. The number of esters is 1. The largest absolute Gasteiger partial charge is 0.476 e. The molecule has 0 aromatic carbocycles. The summed E-state index contributed by atoms with van der Waals surface area (Å²) < 4.78 is 16.9. The number of allylic oxidation sites excluding steroid dienone is 1. The highest BCUT2D eigenvalue weighted by Gasteiger charge is 2.45. The average Bonchev–Trinajstić information content (AvgIpc) is 2.45. The summed E-state index contributed by atoms with van der Waals surface area (Å²) in [5.74, 6) is 0.466. The molecule has 1 saturated heterocycles. The maximum atomic E-state index is 12.0. The number of fused-ring (bicyclic) bond motifs is 1. The van der Waals surface area contributed by atoms with Crippen molar-refractivity contribution in [2.45, 2.75) is 52.2 Å². The van der Waals surface area contributed by atoms with Gasteiger partial charge >= 0.3 is 5.97 Å². The number of ether oxygens (including phenoxy) is 3. The van der Waals surface area contributed by atoms with Crippen LogP contribution in [0.1, 0.15) is 40.5 Å². The van der Waals surface area contributed by atoms with E-state index in [1.165, 1.54) is 12.7 Å². The van der Waals surface area contributed by atoms with Crippen LogP contribution >= 0.6 is 0 Å². The first kappa shape index (κ1) is 16.8. The second-order valence-electron chi connectivity index (χ2n) is 6.82. The van der Waals surface area contributed by atoms with Crippen molar-refractivity contribution >= 4 is 5.97 Å². The van der Waals surface area contributed by atoms with Gasteiger partial charge < -0.3 is 14.2 Å². The Hall–Kier alpha value is -1.55. The zero-order chi connectivity index (χ0) is 16.5. The van der Waals surface area contributed by atoms with Crippen molar-refractivity contribution in [2.24, 2.45) is 5.41 Å². The van der Waals surface area contributed by atoms with E-state index in [1.54, 1.807) is 13.0 Å². The first-order valence-corrected chi connectivity index (χ1v) is 7.68. The Labute approximate surface area is 132 Å². The standard InChI is InChI=1S/C18H26O4/c1-7-10-21-15-12(2)13-8-9-18(5,16(19)20-6)22-14(13)11-17(15,3)4/h7,11,15H,1,8-10H2,2-6H3. The molecule has 0 bridgehead atoms. The van der Waals surface area contributed by atoms with Crippen molar-refractivity contribution in [1.29, 1.82) is 0 Å². The van der Waals surface area contributed by atoms with Crippen molar-refractivity contribution in [1.82, 2.24) is 0 Å². The average molecular weight is 306 g/mol. The minimum atomic E-state index is -0.907. The lowest BCUT2D eigenvalue weighted by Crippen LogP contribution is -2.45. The number of hydrogen-bond acceptors (Lipinski definition) is 4. The van der Waals surface area contributed by atoms with Crippen LogP contribution in [0.4, 0.5) is 0 Å². The van der Waals surface area contributed by atoms with Crippen molar-refractivity contribution in [3.63, 3.8) is 0 Å². The Bertz CT molecular complexity index is 541. The van der Waals surface area contributed by atoms with E-state index >= 15 is 0 Å². The van der Waals surface area contributed by atoms with Crippen LogP contribution in [0.5, 0.6) is 0 Å². The summed E-state index contributed by atoms with van der Waals surface area (Å²) in [6.07, 6.45) is 5.23. The summed E-state index contributed by atoms with van der Waals surface area (Å²) in [7, 11) is 1.39. The summed E-state index contributed by atoms with van der Waals surface area (Å²) >= 11 is 0. The van der Waals surface area contributed by atoms with Gasteiger partial charge in [-0.2, -0.15) is 0 Å². The zero-order valence-corrected chi connectivity index (χ0v) is 14.2. The van der Waals surface area contributed by atoms with Gasteiger partial charge in [-0.3, -0.25) is 0 Å². The Morgan fingerprint density at radius 3 is 2.77 bits per heavy atom. The van der Waals surface area contributed by atoms with Gasteiger partial charge in [-0.25, -0.2) is 4.79 Å². The van der Waals surface area contributed by atoms with Crippen LogP contribution in [0.25, 0.3) is 0 Å². The van der Waals surface area contributed by atoms with Gasteiger partial charge in [0.1, 0.15) is 5.76 Å². The Morgan fingerprint density at radius 1 is 1.50 bits per heavy atom. The molecular weight excluding hydrogens is 280 g/mol. The number of rotatable bonds is 4. The molecule has 1 heterocycles. The molecule has 0 N–H and O–H groups in total. The molecule has 0 spiro atoms. The molecule has 122 valence electrons. The van der Waals surface area contributed by atoms with Gasteiger partial charge in [-0.05, 0) is 37.5 Å². The summed E-state index contributed by atoms with van der Waals surface area (Å²) in [4.78, 5) is 12.0. The van der Waals surface area contributed by atoms with E-state index in [9.17, 15) is 4.79 Å². The summed E-state index contributed by atoms with van der Waals surface area (Å²) in [5, 5.41) is 0. The van der Waals surface area contributed by atoms with E-state index in [-0.39, 0.29) is 17.5 Å². The lowest BCUT2D eigenvalue weighted by Gasteiger charge is -2.43. The molecule has 4 heteroatoms.